The number of barbiturate groups is 1. The number of fused-ring (bicyclic) bond motifs is 4. The number of amides is 4. The number of anilines is 1. The van der Waals surface area contributed by atoms with Gasteiger partial charge in [-0.05, 0) is 36.6 Å². The van der Waals surface area contributed by atoms with Crippen LogP contribution in [0.1, 0.15) is 29.3 Å². The maximum absolute atomic E-state index is 13.7. The van der Waals surface area contributed by atoms with Crippen LogP contribution in [0.25, 0.3) is 4.85 Å². The van der Waals surface area contributed by atoms with Gasteiger partial charge in [-0.1, -0.05) is 6.92 Å². The van der Waals surface area contributed by atoms with Crippen molar-refractivity contribution in [2.24, 2.45) is 5.41 Å². The summed E-state index contributed by atoms with van der Waals surface area (Å²) in [5, 5.41) is 4.11. The molecule has 0 unspecified atom stereocenters. The van der Waals surface area contributed by atoms with E-state index in [0.717, 1.165) is 0 Å². The van der Waals surface area contributed by atoms with E-state index < -0.39 is 66.6 Å². The van der Waals surface area contributed by atoms with E-state index >= 15 is 0 Å². The number of hydrogen-bond donors (Lipinski definition) is 2. The Labute approximate surface area is 186 Å². The summed E-state index contributed by atoms with van der Waals surface area (Å²) in [5.41, 5.74) is -1.20. The third-order valence-electron chi connectivity index (χ3n) is 6.33. The molecule has 0 radical (unpaired) electrons. The molecule has 0 aliphatic carbocycles. The standard InChI is InChI=1S/C21H19F3N4O5/c1-3-14-16-20(17(30)26-19(32)27-18(20)31)7-11-6-10(13(29)8-25-2)4-5-12(11)28(16)9-15(33-14)21(22,23)24/h4-6,14-16H,3,7-9H2,1H3,(H2,26,27,30,31,32)/t14-,15-,16+/m0/s1. The number of Topliss-reactive ketones (excluding diaryl/α,β-unsaturated/α-hetero) is 1. The molecular weight excluding hydrogens is 445 g/mol. The highest BCUT2D eigenvalue weighted by molar-refractivity contribution is 6.20. The van der Waals surface area contributed by atoms with E-state index in [1.807, 2.05) is 0 Å². The van der Waals surface area contributed by atoms with Crippen molar-refractivity contribution in [1.29, 1.82) is 0 Å². The quantitative estimate of drug-likeness (QED) is 0.400. The van der Waals surface area contributed by atoms with Crippen molar-refractivity contribution in [3.05, 3.63) is 40.7 Å². The number of benzene rings is 1. The summed E-state index contributed by atoms with van der Waals surface area (Å²) < 4.78 is 46.3. The largest absolute Gasteiger partial charge is 0.416 e. The molecule has 3 aliphatic rings. The van der Waals surface area contributed by atoms with Gasteiger partial charge in [-0.25, -0.2) is 11.4 Å². The highest BCUT2D eigenvalue weighted by Crippen LogP contribution is 2.48. The van der Waals surface area contributed by atoms with Crippen LogP contribution >= 0.6 is 0 Å². The lowest BCUT2D eigenvalue weighted by molar-refractivity contribution is -0.245. The van der Waals surface area contributed by atoms with Crippen molar-refractivity contribution in [1.82, 2.24) is 10.6 Å². The summed E-state index contributed by atoms with van der Waals surface area (Å²) >= 11 is 0. The number of hydrogen-bond acceptors (Lipinski definition) is 6. The number of ketones is 1. The van der Waals surface area contributed by atoms with Crippen molar-refractivity contribution < 1.29 is 37.1 Å². The molecule has 0 bridgehead atoms. The molecule has 2 saturated heterocycles. The highest BCUT2D eigenvalue weighted by Gasteiger charge is 2.65. The fourth-order valence-electron chi connectivity index (χ4n) is 4.89. The first-order valence-electron chi connectivity index (χ1n) is 10.2. The van der Waals surface area contributed by atoms with E-state index in [0.29, 0.717) is 11.3 Å². The van der Waals surface area contributed by atoms with Gasteiger partial charge in [0.1, 0.15) is 0 Å². The zero-order valence-electron chi connectivity index (χ0n) is 17.4. The van der Waals surface area contributed by atoms with E-state index in [-0.39, 0.29) is 18.4 Å². The Morgan fingerprint density at radius 3 is 2.52 bits per heavy atom. The smallest absolute Gasteiger partial charge is 0.361 e. The minimum absolute atomic E-state index is 0.0703. The highest BCUT2D eigenvalue weighted by atomic mass is 19.4. The minimum atomic E-state index is -4.69. The minimum Gasteiger partial charge on any atom is -0.361 e. The monoisotopic (exact) mass is 464 g/mol. The third-order valence-corrected chi connectivity index (χ3v) is 6.33. The molecule has 3 aliphatic heterocycles. The number of halogens is 3. The zero-order chi connectivity index (χ0) is 24.1. The molecular formula is C21H19F3N4O5. The van der Waals surface area contributed by atoms with Gasteiger partial charge in [0, 0.05) is 11.3 Å². The number of imide groups is 2. The summed E-state index contributed by atoms with van der Waals surface area (Å²) in [5.74, 6) is -2.39. The Kier molecular flexibility index (Phi) is 5.40. The molecule has 4 rings (SSSR count). The summed E-state index contributed by atoms with van der Waals surface area (Å²) in [7, 11) is 0. The topological polar surface area (TPSA) is 109 Å². The van der Waals surface area contributed by atoms with Crippen molar-refractivity contribution in [2.75, 3.05) is 18.0 Å². The Balaban J connectivity index is 1.90. The molecule has 1 spiro atoms. The van der Waals surface area contributed by atoms with E-state index in [9.17, 15) is 32.3 Å². The van der Waals surface area contributed by atoms with Gasteiger partial charge in [0.2, 0.25) is 17.6 Å². The third kappa shape index (κ3) is 3.52. The van der Waals surface area contributed by atoms with Gasteiger partial charge in [0.05, 0.1) is 18.7 Å². The van der Waals surface area contributed by atoms with Crippen LogP contribution in [0.4, 0.5) is 23.7 Å². The van der Waals surface area contributed by atoms with Gasteiger partial charge in [-0.3, -0.25) is 25.0 Å². The first-order valence-corrected chi connectivity index (χ1v) is 10.2. The predicted molar refractivity (Wildman–Crippen MR) is 106 cm³/mol. The Bertz CT molecular complexity index is 1080. The molecule has 3 heterocycles. The fourth-order valence-corrected chi connectivity index (χ4v) is 4.89. The van der Waals surface area contributed by atoms with Crippen LogP contribution in [0.3, 0.4) is 0 Å². The van der Waals surface area contributed by atoms with Crippen LogP contribution in [-0.4, -0.2) is 61.1 Å². The normalized spacial score (nSPS) is 26.1. The van der Waals surface area contributed by atoms with Gasteiger partial charge in [0.25, 0.3) is 6.54 Å². The molecule has 12 heteroatoms. The maximum atomic E-state index is 13.7. The molecule has 4 amide bonds. The summed E-state index contributed by atoms with van der Waals surface area (Å²) in [6.07, 6.45) is -8.19. The number of urea groups is 1. The lowest BCUT2D eigenvalue weighted by Crippen LogP contribution is -2.76. The zero-order valence-corrected chi connectivity index (χ0v) is 17.4. The van der Waals surface area contributed by atoms with E-state index in [1.54, 1.807) is 6.92 Å². The van der Waals surface area contributed by atoms with Crippen molar-refractivity contribution in [3.63, 3.8) is 0 Å². The molecule has 2 N–H and O–H groups in total. The lowest BCUT2D eigenvalue weighted by Gasteiger charge is -2.56. The van der Waals surface area contributed by atoms with Gasteiger partial charge in [0.15, 0.2) is 11.5 Å². The predicted octanol–water partition coefficient (Wildman–Crippen LogP) is 1.61. The number of carbonyl (C=O) groups is 4. The Morgan fingerprint density at radius 1 is 1.27 bits per heavy atom. The fraction of sp³-hybridized carbons (Fsp3) is 0.476. The molecule has 2 fully saturated rings. The molecule has 0 saturated carbocycles. The molecule has 174 valence electrons. The average Bonchev–Trinajstić information content (AvgIpc) is 2.75. The van der Waals surface area contributed by atoms with Crippen molar-refractivity contribution in [3.8, 4) is 0 Å². The molecule has 33 heavy (non-hydrogen) atoms. The van der Waals surface area contributed by atoms with Crippen LogP contribution < -0.4 is 15.5 Å². The SMILES string of the molecule is [C-]#[N+]CC(=O)c1ccc2c(c1)CC1(C(=O)NC(=O)NC1=O)[C@H]1[C@H](CC)O[C@H](C(F)(F)F)CN21. The number of rotatable bonds is 3. The second kappa shape index (κ2) is 7.84. The first kappa shape index (κ1) is 22.7. The Hall–Kier alpha value is -3.46. The molecule has 1 aromatic rings. The lowest BCUT2D eigenvalue weighted by atomic mass is 9.66. The number of ether oxygens (including phenoxy) is 1. The molecule has 1 aromatic carbocycles. The van der Waals surface area contributed by atoms with Crippen LogP contribution in [0.2, 0.25) is 0 Å². The first-order chi connectivity index (χ1) is 15.5. The molecule has 0 aromatic heterocycles. The summed E-state index contributed by atoms with van der Waals surface area (Å²) in [6.45, 7) is 7.36. The summed E-state index contributed by atoms with van der Waals surface area (Å²) in [6, 6.07) is 2.11. The molecule has 9 nitrogen and oxygen atoms in total. The second-order valence-electron chi connectivity index (χ2n) is 8.18. The van der Waals surface area contributed by atoms with Crippen LogP contribution in [-0.2, 0) is 20.7 Å². The Morgan fingerprint density at radius 2 is 1.94 bits per heavy atom. The van der Waals surface area contributed by atoms with E-state index in [2.05, 4.69) is 15.5 Å². The molecule has 3 atom stereocenters. The number of alkyl halides is 3. The second-order valence-corrected chi connectivity index (χ2v) is 8.18. The number of nitrogens with one attached hydrogen (secondary N) is 2. The van der Waals surface area contributed by atoms with Gasteiger partial charge in [-0.2, -0.15) is 13.2 Å². The van der Waals surface area contributed by atoms with E-state index in [4.69, 9.17) is 11.3 Å². The number of carbonyl (C=O) groups excluding carboxylic acids is 4. The van der Waals surface area contributed by atoms with Crippen LogP contribution in [0, 0.1) is 12.0 Å². The number of nitrogens with zero attached hydrogens (tertiary/aromatic N) is 2. The van der Waals surface area contributed by atoms with Crippen molar-refractivity contribution in [2.45, 2.75) is 44.2 Å². The number of morpholine rings is 1. The maximum Gasteiger partial charge on any atom is 0.416 e. The van der Waals surface area contributed by atoms with Crippen LogP contribution in [0.5, 0.6) is 0 Å². The van der Waals surface area contributed by atoms with Gasteiger partial charge >= 0.3 is 12.2 Å². The summed E-state index contributed by atoms with van der Waals surface area (Å²) in [4.78, 5) is 54.6. The van der Waals surface area contributed by atoms with Crippen LogP contribution in [0.15, 0.2) is 18.2 Å². The van der Waals surface area contributed by atoms with Gasteiger partial charge < -0.3 is 14.5 Å². The average molecular weight is 464 g/mol. The van der Waals surface area contributed by atoms with E-state index in [1.165, 1.54) is 23.1 Å². The van der Waals surface area contributed by atoms with Crippen molar-refractivity contribution >= 4 is 29.3 Å². The van der Waals surface area contributed by atoms with Gasteiger partial charge in [-0.15, -0.1) is 0 Å².